The van der Waals surface area contributed by atoms with Crippen LogP contribution < -0.4 is 9.47 Å². The molecule has 152 valence electrons. The average molecular weight is 415 g/mol. The van der Waals surface area contributed by atoms with Crippen LogP contribution in [0.5, 0.6) is 11.5 Å². The molecule has 0 spiro atoms. The summed E-state index contributed by atoms with van der Waals surface area (Å²) in [5.74, 6) is 0.966. The van der Waals surface area contributed by atoms with E-state index in [-0.39, 0.29) is 6.54 Å². The molecule has 0 amide bonds. The first-order valence-electron chi connectivity index (χ1n) is 8.60. The van der Waals surface area contributed by atoms with E-state index in [1.54, 1.807) is 18.2 Å². The van der Waals surface area contributed by atoms with Gasteiger partial charge in [0.25, 0.3) is 0 Å². The molecular formula is C19H20F3NO4S. The van der Waals surface area contributed by atoms with Crippen molar-refractivity contribution in [2.75, 3.05) is 20.8 Å². The van der Waals surface area contributed by atoms with Gasteiger partial charge in [0.05, 0.1) is 30.7 Å². The van der Waals surface area contributed by atoms with E-state index in [9.17, 15) is 21.6 Å². The lowest BCUT2D eigenvalue weighted by atomic mass is 10.0. The number of benzene rings is 2. The number of ether oxygens (including phenoxy) is 2. The summed E-state index contributed by atoms with van der Waals surface area (Å²) in [5.41, 5.74) is -0.606. The lowest BCUT2D eigenvalue weighted by Crippen LogP contribution is -2.32. The molecule has 1 heterocycles. The van der Waals surface area contributed by atoms with Crippen LogP contribution in [0.3, 0.4) is 0 Å². The van der Waals surface area contributed by atoms with Gasteiger partial charge in [-0.2, -0.15) is 17.5 Å². The molecule has 0 N–H and O–H groups in total. The molecule has 0 aliphatic carbocycles. The summed E-state index contributed by atoms with van der Waals surface area (Å²) >= 11 is 0. The average Bonchev–Trinajstić information content (AvgIpc) is 3.17. The molecule has 9 heteroatoms. The Morgan fingerprint density at radius 1 is 1.07 bits per heavy atom. The van der Waals surface area contributed by atoms with Gasteiger partial charge in [0.2, 0.25) is 10.0 Å². The third-order valence-electron chi connectivity index (χ3n) is 4.78. The van der Waals surface area contributed by atoms with Crippen molar-refractivity contribution in [3.8, 4) is 11.5 Å². The van der Waals surface area contributed by atoms with E-state index >= 15 is 0 Å². The standard InChI is InChI=1S/C19H20F3NO4S/c1-26-13-9-10-17(27-2)14(12-13)16-7-5-11-23(16)28(24,25)18-8-4-3-6-15(18)19(20,21)22/h3-4,6,8-10,12,16H,5,7,11H2,1-2H3. The van der Waals surface area contributed by atoms with Gasteiger partial charge in [0.1, 0.15) is 11.5 Å². The summed E-state index contributed by atoms with van der Waals surface area (Å²) in [6.45, 7) is 0.125. The van der Waals surface area contributed by atoms with E-state index < -0.39 is 32.7 Å². The molecule has 1 fully saturated rings. The maximum Gasteiger partial charge on any atom is 0.417 e. The van der Waals surface area contributed by atoms with E-state index in [4.69, 9.17) is 9.47 Å². The Bertz CT molecular complexity index is 960. The van der Waals surface area contributed by atoms with Crippen molar-refractivity contribution in [1.29, 1.82) is 0 Å². The highest BCUT2D eigenvalue weighted by atomic mass is 32.2. The van der Waals surface area contributed by atoms with Gasteiger partial charge >= 0.3 is 6.18 Å². The highest BCUT2D eigenvalue weighted by Crippen LogP contribution is 2.43. The number of nitrogens with zero attached hydrogens (tertiary/aromatic N) is 1. The molecule has 5 nitrogen and oxygen atoms in total. The second kappa shape index (κ2) is 7.63. The van der Waals surface area contributed by atoms with Crippen LogP contribution in [0.1, 0.15) is 30.0 Å². The topological polar surface area (TPSA) is 55.8 Å². The highest BCUT2D eigenvalue weighted by molar-refractivity contribution is 7.89. The first kappa shape index (κ1) is 20.5. The first-order valence-corrected chi connectivity index (χ1v) is 10.0. The Labute approximate surface area is 161 Å². The quantitative estimate of drug-likeness (QED) is 0.733. The molecule has 1 unspecified atom stereocenters. The first-order chi connectivity index (χ1) is 13.2. The van der Waals surface area contributed by atoms with Gasteiger partial charge in [-0.05, 0) is 43.2 Å². The van der Waals surface area contributed by atoms with Crippen molar-refractivity contribution in [2.24, 2.45) is 0 Å². The van der Waals surface area contributed by atoms with Gasteiger partial charge in [-0.3, -0.25) is 0 Å². The van der Waals surface area contributed by atoms with E-state index in [1.165, 1.54) is 26.4 Å². The van der Waals surface area contributed by atoms with Crippen molar-refractivity contribution in [2.45, 2.75) is 30.0 Å². The predicted octanol–water partition coefficient (Wildman–Crippen LogP) is 4.25. The summed E-state index contributed by atoms with van der Waals surface area (Å²) in [5, 5.41) is 0. The van der Waals surface area contributed by atoms with E-state index in [2.05, 4.69) is 0 Å². The lowest BCUT2D eigenvalue weighted by Gasteiger charge is -2.27. The number of sulfonamides is 1. The summed E-state index contributed by atoms with van der Waals surface area (Å²) in [6.07, 6.45) is -3.78. The molecule has 28 heavy (non-hydrogen) atoms. The van der Waals surface area contributed by atoms with Gasteiger partial charge in [-0.1, -0.05) is 12.1 Å². The van der Waals surface area contributed by atoms with Crippen LogP contribution in [0.2, 0.25) is 0 Å². The Balaban J connectivity index is 2.09. The summed E-state index contributed by atoms with van der Waals surface area (Å²) < 4.78 is 78.2. The third kappa shape index (κ3) is 3.68. The number of methoxy groups -OCH3 is 2. The lowest BCUT2D eigenvalue weighted by molar-refractivity contribution is -0.139. The summed E-state index contributed by atoms with van der Waals surface area (Å²) in [4.78, 5) is -0.740. The van der Waals surface area contributed by atoms with Crippen LogP contribution in [0, 0.1) is 0 Å². The zero-order valence-corrected chi connectivity index (χ0v) is 16.2. The molecule has 1 atom stereocenters. The largest absolute Gasteiger partial charge is 0.497 e. The molecule has 1 aliphatic heterocycles. The molecule has 2 aromatic carbocycles. The Kier molecular flexibility index (Phi) is 5.58. The Morgan fingerprint density at radius 2 is 1.79 bits per heavy atom. The fourth-order valence-corrected chi connectivity index (χ4v) is 5.38. The van der Waals surface area contributed by atoms with Crippen LogP contribution in [-0.2, 0) is 16.2 Å². The minimum Gasteiger partial charge on any atom is -0.497 e. The van der Waals surface area contributed by atoms with Crippen molar-refractivity contribution in [1.82, 2.24) is 4.31 Å². The Morgan fingerprint density at radius 3 is 2.43 bits per heavy atom. The predicted molar refractivity (Wildman–Crippen MR) is 96.9 cm³/mol. The summed E-state index contributed by atoms with van der Waals surface area (Å²) in [7, 11) is -1.44. The monoisotopic (exact) mass is 415 g/mol. The normalized spacial score (nSPS) is 18.2. The van der Waals surface area contributed by atoms with E-state index in [0.29, 0.717) is 29.9 Å². The number of rotatable bonds is 5. The van der Waals surface area contributed by atoms with E-state index in [0.717, 1.165) is 16.4 Å². The zero-order valence-electron chi connectivity index (χ0n) is 15.4. The second-order valence-electron chi connectivity index (χ2n) is 6.38. The molecule has 1 saturated heterocycles. The van der Waals surface area contributed by atoms with Crippen LogP contribution in [0.15, 0.2) is 47.4 Å². The minimum absolute atomic E-state index is 0.125. The highest BCUT2D eigenvalue weighted by Gasteiger charge is 2.43. The van der Waals surface area contributed by atoms with Crippen molar-refractivity contribution in [3.05, 3.63) is 53.6 Å². The van der Waals surface area contributed by atoms with E-state index in [1.807, 2.05) is 0 Å². The third-order valence-corrected chi connectivity index (χ3v) is 6.74. The number of hydrogen-bond donors (Lipinski definition) is 0. The molecule has 0 radical (unpaired) electrons. The van der Waals surface area contributed by atoms with Crippen LogP contribution in [-0.4, -0.2) is 33.5 Å². The SMILES string of the molecule is COc1ccc(OC)c(C2CCCN2S(=O)(=O)c2ccccc2C(F)(F)F)c1. The van der Waals surface area contributed by atoms with Crippen LogP contribution >= 0.6 is 0 Å². The molecule has 1 aliphatic rings. The fraction of sp³-hybridized carbons (Fsp3) is 0.368. The zero-order chi connectivity index (χ0) is 20.5. The van der Waals surface area contributed by atoms with Crippen molar-refractivity contribution >= 4 is 10.0 Å². The molecule has 3 rings (SSSR count). The molecule has 0 aromatic heterocycles. The van der Waals surface area contributed by atoms with Gasteiger partial charge in [-0.25, -0.2) is 8.42 Å². The number of hydrogen-bond acceptors (Lipinski definition) is 4. The minimum atomic E-state index is -4.77. The van der Waals surface area contributed by atoms with Crippen molar-refractivity contribution in [3.63, 3.8) is 0 Å². The fourth-order valence-electron chi connectivity index (χ4n) is 3.49. The smallest absolute Gasteiger partial charge is 0.417 e. The summed E-state index contributed by atoms with van der Waals surface area (Å²) in [6, 6.07) is 8.59. The molecule has 0 saturated carbocycles. The van der Waals surface area contributed by atoms with Gasteiger partial charge in [0.15, 0.2) is 0 Å². The van der Waals surface area contributed by atoms with Crippen molar-refractivity contribution < 1.29 is 31.1 Å². The second-order valence-corrected chi connectivity index (χ2v) is 8.23. The van der Waals surface area contributed by atoms with Gasteiger partial charge < -0.3 is 9.47 Å². The maximum atomic E-state index is 13.4. The molecular weight excluding hydrogens is 395 g/mol. The maximum absolute atomic E-state index is 13.4. The van der Waals surface area contributed by atoms with Crippen LogP contribution in [0.25, 0.3) is 0 Å². The molecule has 0 bridgehead atoms. The number of halogens is 3. The Hall–Kier alpha value is -2.26. The number of alkyl halides is 3. The van der Waals surface area contributed by atoms with Crippen LogP contribution in [0.4, 0.5) is 13.2 Å². The van der Waals surface area contributed by atoms with Gasteiger partial charge in [0, 0.05) is 12.1 Å². The van der Waals surface area contributed by atoms with Gasteiger partial charge in [-0.15, -0.1) is 0 Å². The molecule has 2 aromatic rings.